The normalized spacial score (nSPS) is 11.8. The zero-order valence-corrected chi connectivity index (χ0v) is 11.0. The van der Waals surface area contributed by atoms with Gasteiger partial charge in [-0.25, -0.2) is 4.68 Å². The Hall–Kier alpha value is -0.910. The molecule has 1 rings (SSSR count). The van der Waals surface area contributed by atoms with Crippen molar-refractivity contribution in [1.29, 1.82) is 0 Å². The first-order chi connectivity index (χ1) is 7.41. The predicted octanol–water partition coefficient (Wildman–Crippen LogP) is 1.89. The van der Waals surface area contributed by atoms with Gasteiger partial charge in [0.05, 0.1) is 5.54 Å². The maximum Gasteiger partial charge on any atom is 0.209 e. The molecule has 5 nitrogen and oxygen atoms in total. The highest BCUT2D eigenvalue weighted by Crippen LogP contribution is 2.22. The summed E-state index contributed by atoms with van der Waals surface area (Å²) >= 11 is 1.60. The molecule has 0 amide bonds. The first-order valence-electron chi connectivity index (χ1n) is 5.32. The summed E-state index contributed by atoms with van der Waals surface area (Å²) in [5, 5.41) is 12.4. The molecular formula is C10H18N4OS. The molecule has 0 aliphatic carbocycles. The molecule has 6 heteroatoms. The van der Waals surface area contributed by atoms with Gasteiger partial charge < -0.3 is 4.79 Å². The van der Waals surface area contributed by atoms with E-state index >= 15 is 0 Å². The topological polar surface area (TPSA) is 60.7 Å². The van der Waals surface area contributed by atoms with Crippen LogP contribution in [0, 0.1) is 0 Å². The van der Waals surface area contributed by atoms with E-state index in [9.17, 15) is 4.79 Å². The molecule has 0 spiro atoms. The summed E-state index contributed by atoms with van der Waals surface area (Å²) in [4.78, 5) is 10.8. The molecule has 1 aromatic rings. The Morgan fingerprint density at radius 1 is 1.44 bits per heavy atom. The van der Waals surface area contributed by atoms with Crippen LogP contribution in [0.15, 0.2) is 5.16 Å². The van der Waals surface area contributed by atoms with Gasteiger partial charge in [0.15, 0.2) is 0 Å². The van der Waals surface area contributed by atoms with Crippen LogP contribution in [0.5, 0.6) is 0 Å². The second-order valence-electron chi connectivity index (χ2n) is 4.70. The average molecular weight is 242 g/mol. The van der Waals surface area contributed by atoms with Crippen molar-refractivity contribution in [3.05, 3.63) is 0 Å². The van der Waals surface area contributed by atoms with Crippen LogP contribution in [0.1, 0.15) is 40.5 Å². The number of nitrogens with zero attached hydrogens (tertiary/aromatic N) is 4. The van der Waals surface area contributed by atoms with Crippen LogP contribution in [0.4, 0.5) is 0 Å². The summed E-state index contributed by atoms with van der Waals surface area (Å²) in [6.07, 6.45) is 1.50. The Bertz CT molecular complexity index is 356. The average Bonchev–Trinajstić information content (AvgIpc) is 2.59. The monoisotopic (exact) mass is 242 g/mol. The van der Waals surface area contributed by atoms with Gasteiger partial charge in [-0.15, -0.1) is 5.10 Å². The number of ketones is 1. The van der Waals surface area contributed by atoms with Gasteiger partial charge in [0.2, 0.25) is 5.16 Å². The Balaban J connectivity index is 2.49. The molecule has 0 N–H and O–H groups in total. The minimum atomic E-state index is -0.105. The zero-order chi connectivity index (χ0) is 12.2. The van der Waals surface area contributed by atoms with E-state index < -0.39 is 0 Å². The van der Waals surface area contributed by atoms with E-state index in [1.807, 2.05) is 4.68 Å². The zero-order valence-electron chi connectivity index (χ0n) is 10.2. The summed E-state index contributed by atoms with van der Waals surface area (Å²) in [5.41, 5.74) is -0.105. The van der Waals surface area contributed by atoms with Crippen molar-refractivity contribution in [2.24, 2.45) is 0 Å². The largest absolute Gasteiger partial charge is 0.300 e. The highest BCUT2D eigenvalue weighted by molar-refractivity contribution is 7.99. The van der Waals surface area contributed by atoms with Crippen molar-refractivity contribution in [2.75, 3.05) is 5.75 Å². The van der Waals surface area contributed by atoms with Crippen molar-refractivity contribution < 1.29 is 4.79 Å². The highest BCUT2D eigenvalue weighted by Gasteiger charge is 2.19. The molecule has 0 fully saturated rings. The van der Waals surface area contributed by atoms with E-state index in [1.54, 1.807) is 18.7 Å². The molecule has 16 heavy (non-hydrogen) atoms. The highest BCUT2D eigenvalue weighted by atomic mass is 32.2. The van der Waals surface area contributed by atoms with Gasteiger partial charge >= 0.3 is 0 Å². The van der Waals surface area contributed by atoms with Gasteiger partial charge in [0.1, 0.15) is 5.78 Å². The van der Waals surface area contributed by atoms with Crippen molar-refractivity contribution in [1.82, 2.24) is 20.2 Å². The van der Waals surface area contributed by atoms with Crippen molar-refractivity contribution in [3.8, 4) is 0 Å². The molecule has 0 saturated carbocycles. The number of carbonyl (C=O) groups is 1. The summed E-state index contributed by atoms with van der Waals surface area (Å²) < 4.78 is 1.81. The smallest absolute Gasteiger partial charge is 0.209 e. The third-order valence-corrected chi connectivity index (χ3v) is 2.99. The van der Waals surface area contributed by atoms with E-state index in [-0.39, 0.29) is 11.3 Å². The number of aromatic nitrogens is 4. The predicted molar refractivity (Wildman–Crippen MR) is 63.5 cm³/mol. The van der Waals surface area contributed by atoms with Gasteiger partial charge in [-0.05, 0) is 44.5 Å². The lowest BCUT2D eigenvalue weighted by Crippen LogP contribution is -2.24. The van der Waals surface area contributed by atoms with Gasteiger partial charge in [-0.1, -0.05) is 11.8 Å². The fraction of sp³-hybridized carbons (Fsp3) is 0.800. The van der Waals surface area contributed by atoms with Crippen LogP contribution in [-0.4, -0.2) is 31.7 Å². The van der Waals surface area contributed by atoms with Gasteiger partial charge in [-0.3, -0.25) is 0 Å². The minimum absolute atomic E-state index is 0.105. The molecule has 1 aromatic heterocycles. The number of thioether (sulfide) groups is 1. The first-order valence-corrected chi connectivity index (χ1v) is 6.31. The number of hydrogen-bond acceptors (Lipinski definition) is 5. The number of carbonyl (C=O) groups excluding carboxylic acids is 1. The lowest BCUT2D eigenvalue weighted by Gasteiger charge is -2.19. The molecule has 0 aliphatic rings. The fourth-order valence-corrected chi connectivity index (χ4v) is 2.17. The Morgan fingerprint density at radius 3 is 2.69 bits per heavy atom. The van der Waals surface area contributed by atoms with E-state index in [2.05, 4.69) is 36.3 Å². The minimum Gasteiger partial charge on any atom is -0.300 e. The molecule has 0 radical (unpaired) electrons. The molecule has 0 unspecified atom stereocenters. The summed E-state index contributed by atoms with van der Waals surface area (Å²) in [6.45, 7) is 7.79. The lowest BCUT2D eigenvalue weighted by molar-refractivity contribution is -0.117. The number of rotatable bonds is 5. The maximum atomic E-state index is 10.8. The van der Waals surface area contributed by atoms with Gasteiger partial charge in [0, 0.05) is 12.2 Å². The standard InChI is InChI=1S/C10H18N4OS/c1-8(15)6-5-7-16-9-11-12-13-14(9)10(2,3)4/h5-7H2,1-4H3. The summed E-state index contributed by atoms with van der Waals surface area (Å²) in [5.74, 6) is 1.10. The summed E-state index contributed by atoms with van der Waals surface area (Å²) in [6, 6.07) is 0. The number of tetrazole rings is 1. The van der Waals surface area contributed by atoms with Crippen LogP contribution in [0.3, 0.4) is 0 Å². The molecule has 0 atom stereocenters. The van der Waals surface area contributed by atoms with Gasteiger partial charge in [-0.2, -0.15) is 0 Å². The van der Waals surface area contributed by atoms with Crippen LogP contribution >= 0.6 is 11.8 Å². The SMILES string of the molecule is CC(=O)CCCSc1nnnn1C(C)(C)C. The van der Waals surface area contributed by atoms with Gasteiger partial charge in [0.25, 0.3) is 0 Å². The second-order valence-corrected chi connectivity index (χ2v) is 5.76. The third kappa shape index (κ3) is 3.92. The van der Waals surface area contributed by atoms with Crippen LogP contribution in [0.2, 0.25) is 0 Å². The van der Waals surface area contributed by atoms with Crippen molar-refractivity contribution >= 4 is 17.5 Å². The van der Waals surface area contributed by atoms with Crippen LogP contribution in [0.25, 0.3) is 0 Å². The molecule has 90 valence electrons. The molecular weight excluding hydrogens is 224 g/mol. The van der Waals surface area contributed by atoms with Crippen molar-refractivity contribution in [2.45, 2.75) is 51.2 Å². The number of hydrogen-bond donors (Lipinski definition) is 0. The quantitative estimate of drug-likeness (QED) is 0.583. The molecule has 1 heterocycles. The molecule has 0 saturated heterocycles. The molecule has 0 bridgehead atoms. The van der Waals surface area contributed by atoms with E-state index in [0.717, 1.165) is 17.3 Å². The Labute approximate surface area is 100.0 Å². The fourth-order valence-electron chi connectivity index (χ4n) is 1.17. The molecule has 0 aliphatic heterocycles. The molecule has 0 aromatic carbocycles. The Kier molecular flexibility index (Phi) is 4.46. The summed E-state index contributed by atoms with van der Waals surface area (Å²) in [7, 11) is 0. The van der Waals surface area contributed by atoms with E-state index in [0.29, 0.717) is 6.42 Å². The maximum absolute atomic E-state index is 10.8. The Morgan fingerprint density at radius 2 is 2.12 bits per heavy atom. The van der Waals surface area contributed by atoms with Crippen molar-refractivity contribution in [3.63, 3.8) is 0 Å². The van der Waals surface area contributed by atoms with E-state index in [4.69, 9.17) is 0 Å². The third-order valence-electron chi connectivity index (χ3n) is 1.98. The number of Topliss-reactive ketones (excluding diaryl/α,β-unsaturated/α-hetero) is 1. The first kappa shape index (κ1) is 13.2. The van der Waals surface area contributed by atoms with Crippen LogP contribution in [-0.2, 0) is 10.3 Å². The van der Waals surface area contributed by atoms with E-state index in [1.165, 1.54) is 0 Å². The lowest BCUT2D eigenvalue weighted by atomic mass is 10.1. The van der Waals surface area contributed by atoms with Crippen LogP contribution < -0.4 is 0 Å². The second kappa shape index (κ2) is 5.43.